The first-order chi connectivity index (χ1) is 11.8. The Morgan fingerprint density at radius 2 is 1.96 bits per heavy atom. The summed E-state index contributed by atoms with van der Waals surface area (Å²) < 4.78 is 28.6. The molecule has 3 unspecified atom stereocenters. The molecule has 3 rings (SSSR count). The lowest BCUT2D eigenvalue weighted by Crippen LogP contribution is -2.48. The molecule has 7 nitrogen and oxygen atoms in total. The summed E-state index contributed by atoms with van der Waals surface area (Å²) in [5.41, 5.74) is 0. The van der Waals surface area contributed by atoms with E-state index in [2.05, 4.69) is 24.0 Å². The fourth-order valence-electron chi connectivity index (χ4n) is 3.77. The third-order valence-corrected chi connectivity index (χ3v) is 7.68. The molecule has 25 heavy (non-hydrogen) atoms. The van der Waals surface area contributed by atoms with E-state index in [1.165, 1.54) is 18.2 Å². The molecule has 9 heteroatoms. The molecule has 1 aromatic rings. The van der Waals surface area contributed by atoms with Crippen molar-refractivity contribution in [2.75, 3.05) is 17.3 Å². The number of hydrogen-bond acceptors (Lipinski definition) is 7. The highest BCUT2D eigenvalue weighted by molar-refractivity contribution is 7.99. The molecule has 0 spiro atoms. The standard InChI is InChI=1S/C16H25N3O4S2/c1-11-4-3-5-12(2)19(11)15(20)9-24-16-18-17-14(23-16)8-13-6-7-25(21,22)10-13/h11-13H,3-10H2,1-2H3. The molecule has 3 heterocycles. The van der Waals surface area contributed by atoms with Crippen LogP contribution in [-0.4, -0.2) is 58.8 Å². The molecule has 2 aliphatic rings. The van der Waals surface area contributed by atoms with Gasteiger partial charge in [0.15, 0.2) is 9.84 Å². The van der Waals surface area contributed by atoms with Gasteiger partial charge >= 0.3 is 0 Å². The van der Waals surface area contributed by atoms with Gasteiger partial charge in [-0.2, -0.15) is 0 Å². The largest absolute Gasteiger partial charge is 0.416 e. The summed E-state index contributed by atoms with van der Waals surface area (Å²) in [4.78, 5) is 14.5. The molecule has 0 N–H and O–H groups in total. The van der Waals surface area contributed by atoms with Crippen LogP contribution in [0.5, 0.6) is 0 Å². The van der Waals surface area contributed by atoms with E-state index >= 15 is 0 Å². The lowest BCUT2D eigenvalue weighted by Gasteiger charge is -2.39. The van der Waals surface area contributed by atoms with Crippen LogP contribution in [0.2, 0.25) is 0 Å². The van der Waals surface area contributed by atoms with E-state index in [0.29, 0.717) is 24.0 Å². The lowest BCUT2D eigenvalue weighted by atomic mass is 9.98. The molecule has 1 amide bonds. The average molecular weight is 388 g/mol. The first kappa shape index (κ1) is 18.7. The van der Waals surface area contributed by atoms with E-state index in [0.717, 1.165) is 12.8 Å². The molecule has 0 aliphatic carbocycles. The molecule has 0 saturated carbocycles. The van der Waals surface area contributed by atoms with Crippen molar-refractivity contribution in [1.29, 1.82) is 0 Å². The Bertz CT molecular complexity index is 709. The van der Waals surface area contributed by atoms with E-state index in [1.54, 1.807) is 0 Å². The Morgan fingerprint density at radius 3 is 2.60 bits per heavy atom. The zero-order valence-electron chi connectivity index (χ0n) is 14.7. The smallest absolute Gasteiger partial charge is 0.277 e. The number of thioether (sulfide) groups is 1. The van der Waals surface area contributed by atoms with Crippen molar-refractivity contribution >= 4 is 27.5 Å². The summed E-state index contributed by atoms with van der Waals surface area (Å²) in [5.74, 6) is 1.34. The van der Waals surface area contributed by atoms with Crippen LogP contribution >= 0.6 is 11.8 Å². The second-order valence-electron chi connectivity index (χ2n) is 7.15. The maximum atomic E-state index is 12.5. The van der Waals surface area contributed by atoms with Gasteiger partial charge in [-0.3, -0.25) is 4.79 Å². The normalized spacial score (nSPS) is 29.0. The molecule has 140 valence electrons. The van der Waals surface area contributed by atoms with Crippen molar-refractivity contribution in [2.45, 2.75) is 63.3 Å². The number of aromatic nitrogens is 2. The van der Waals surface area contributed by atoms with Gasteiger partial charge in [0.25, 0.3) is 5.22 Å². The highest BCUT2D eigenvalue weighted by Gasteiger charge is 2.30. The van der Waals surface area contributed by atoms with Gasteiger partial charge in [-0.15, -0.1) is 10.2 Å². The van der Waals surface area contributed by atoms with E-state index in [4.69, 9.17) is 4.42 Å². The predicted molar refractivity (Wildman–Crippen MR) is 95.1 cm³/mol. The van der Waals surface area contributed by atoms with Crippen LogP contribution in [0.4, 0.5) is 0 Å². The molecule has 0 bridgehead atoms. The third-order valence-electron chi connectivity index (χ3n) is 5.04. The summed E-state index contributed by atoms with van der Waals surface area (Å²) in [6.07, 6.45) is 4.41. The summed E-state index contributed by atoms with van der Waals surface area (Å²) >= 11 is 1.26. The number of carbonyl (C=O) groups is 1. The van der Waals surface area contributed by atoms with Crippen LogP contribution in [0.25, 0.3) is 0 Å². The molecular weight excluding hydrogens is 362 g/mol. The second kappa shape index (κ2) is 7.65. The van der Waals surface area contributed by atoms with E-state index in [-0.39, 0.29) is 41.2 Å². The van der Waals surface area contributed by atoms with Crippen molar-refractivity contribution < 1.29 is 17.6 Å². The number of amides is 1. The van der Waals surface area contributed by atoms with Crippen LogP contribution in [0.1, 0.15) is 45.4 Å². The van der Waals surface area contributed by atoms with E-state index in [9.17, 15) is 13.2 Å². The van der Waals surface area contributed by atoms with Gasteiger partial charge in [-0.1, -0.05) is 11.8 Å². The Morgan fingerprint density at radius 1 is 1.24 bits per heavy atom. The highest BCUT2D eigenvalue weighted by atomic mass is 32.2. The van der Waals surface area contributed by atoms with Gasteiger partial charge in [-0.05, 0) is 45.4 Å². The third kappa shape index (κ3) is 4.75. The van der Waals surface area contributed by atoms with E-state index in [1.807, 2.05) is 4.90 Å². The molecule has 0 aromatic carbocycles. The van der Waals surface area contributed by atoms with Crippen molar-refractivity contribution in [2.24, 2.45) is 5.92 Å². The number of hydrogen-bond donors (Lipinski definition) is 0. The Balaban J connectivity index is 1.51. The lowest BCUT2D eigenvalue weighted by molar-refractivity contribution is -0.134. The number of nitrogens with zero attached hydrogens (tertiary/aromatic N) is 3. The molecule has 1 aromatic heterocycles. The first-order valence-electron chi connectivity index (χ1n) is 8.81. The second-order valence-corrected chi connectivity index (χ2v) is 10.3. The zero-order valence-corrected chi connectivity index (χ0v) is 16.3. The average Bonchev–Trinajstić information content (AvgIpc) is 3.11. The molecule has 3 atom stereocenters. The monoisotopic (exact) mass is 387 g/mol. The van der Waals surface area contributed by atoms with Crippen LogP contribution in [-0.2, 0) is 21.1 Å². The quantitative estimate of drug-likeness (QED) is 0.713. The highest BCUT2D eigenvalue weighted by Crippen LogP contribution is 2.26. The van der Waals surface area contributed by atoms with Crippen molar-refractivity contribution in [3.8, 4) is 0 Å². The Labute approximate surface area is 152 Å². The maximum absolute atomic E-state index is 12.5. The van der Waals surface area contributed by atoms with Crippen molar-refractivity contribution in [3.05, 3.63) is 5.89 Å². The first-order valence-corrected chi connectivity index (χ1v) is 11.6. The Kier molecular flexibility index (Phi) is 5.72. The maximum Gasteiger partial charge on any atom is 0.277 e. The molecule has 0 radical (unpaired) electrons. The van der Waals surface area contributed by atoms with Crippen LogP contribution in [0.15, 0.2) is 9.64 Å². The molecular formula is C16H25N3O4S2. The van der Waals surface area contributed by atoms with Gasteiger partial charge in [0.1, 0.15) is 0 Å². The molecule has 2 fully saturated rings. The zero-order chi connectivity index (χ0) is 18.0. The fraction of sp³-hybridized carbons (Fsp3) is 0.812. The molecule has 2 aliphatic heterocycles. The summed E-state index contributed by atoms with van der Waals surface area (Å²) in [6.45, 7) is 4.19. The van der Waals surface area contributed by atoms with Crippen LogP contribution < -0.4 is 0 Å². The number of piperidine rings is 1. The molecule has 2 saturated heterocycles. The predicted octanol–water partition coefficient (Wildman–Crippen LogP) is 1.93. The van der Waals surface area contributed by atoms with Crippen molar-refractivity contribution in [1.82, 2.24) is 15.1 Å². The SMILES string of the molecule is CC1CCCC(C)N1C(=O)CSc1nnc(CC2CCS(=O)(=O)C2)o1. The Hall–Kier alpha value is -1.09. The summed E-state index contributed by atoms with van der Waals surface area (Å²) in [6, 6.07) is 0.554. The summed E-state index contributed by atoms with van der Waals surface area (Å²) in [7, 11) is -2.90. The van der Waals surface area contributed by atoms with E-state index < -0.39 is 9.84 Å². The number of rotatable bonds is 5. The minimum absolute atomic E-state index is 0.0555. The minimum atomic E-state index is -2.90. The van der Waals surface area contributed by atoms with Gasteiger partial charge in [-0.25, -0.2) is 8.42 Å². The van der Waals surface area contributed by atoms with Crippen LogP contribution in [0.3, 0.4) is 0 Å². The van der Waals surface area contributed by atoms with Gasteiger partial charge in [0, 0.05) is 18.5 Å². The fourth-order valence-corrected chi connectivity index (χ4v) is 6.28. The van der Waals surface area contributed by atoms with Gasteiger partial charge in [0.2, 0.25) is 11.8 Å². The summed E-state index contributed by atoms with van der Waals surface area (Å²) in [5, 5.41) is 8.34. The van der Waals surface area contributed by atoms with Crippen LogP contribution in [0, 0.1) is 5.92 Å². The van der Waals surface area contributed by atoms with Gasteiger partial charge in [0.05, 0.1) is 17.3 Å². The topological polar surface area (TPSA) is 93.4 Å². The van der Waals surface area contributed by atoms with Crippen molar-refractivity contribution in [3.63, 3.8) is 0 Å². The number of likely N-dealkylation sites (tertiary alicyclic amines) is 1. The minimum Gasteiger partial charge on any atom is -0.416 e. The number of carbonyl (C=O) groups excluding carboxylic acids is 1. The van der Waals surface area contributed by atoms with Gasteiger partial charge < -0.3 is 9.32 Å². The number of sulfone groups is 1.